The summed E-state index contributed by atoms with van der Waals surface area (Å²) < 4.78 is 5.84. The normalized spacial score (nSPS) is 10.6. The summed E-state index contributed by atoms with van der Waals surface area (Å²) in [6.07, 6.45) is 3.07. The molecule has 2 rings (SSSR count). The van der Waals surface area contributed by atoms with Gasteiger partial charge < -0.3 is 10.1 Å². The van der Waals surface area contributed by atoms with E-state index in [1.807, 2.05) is 18.3 Å². The molecule has 1 N–H and O–H groups in total. The van der Waals surface area contributed by atoms with Crippen molar-refractivity contribution in [2.24, 2.45) is 0 Å². The van der Waals surface area contributed by atoms with Crippen molar-refractivity contribution in [2.45, 2.75) is 40.3 Å². The number of ether oxygens (including phenoxy) is 1. The van der Waals surface area contributed by atoms with Crippen molar-refractivity contribution in [2.75, 3.05) is 6.54 Å². The Hall–Kier alpha value is -1.87. The molecule has 2 aromatic rings. The highest BCUT2D eigenvalue weighted by atomic mass is 16.5. The molecule has 112 valence electrons. The monoisotopic (exact) mass is 284 g/mol. The van der Waals surface area contributed by atoms with E-state index in [1.165, 1.54) is 11.1 Å². The summed E-state index contributed by atoms with van der Waals surface area (Å²) in [5.41, 5.74) is 4.57. The second kappa shape index (κ2) is 7.79. The Morgan fingerprint density at radius 2 is 2.00 bits per heavy atom. The van der Waals surface area contributed by atoms with Crippen molar-refractivity contribution in [1.29, 1.82) is 0 Å². The summed E-state index contributed by atoms with van der Waals surface area (Å²) in [6, 6.07) is 10.4. The zero-order valence-corrected chi connectivity index (χ0v) is 13.1. The first kappa shape index (κ1) is 15.5. The summed E-state index contributed by atoms with van der Waals surface area (Å²) >= 11 is 0. The van der Waals surface area contributed by atoms with Crippen LogP contribution in [0.1, 0.15) is 35.7 Å². The van der Waals surface area contributed by atoms with Gasteiger partial charge in [-0.15, -0.1) is 0 Å². The maximum absolute atomic E-state index is 5.84. The largest absolute Gasteiger partial charge is 0.487 e. The lowest BCUT2D eigenvalue weighted by Crippen LogP contribution is -2.14. The number of nitrogens with zero attached hydrogens (tertiary/aromatic N) is 1. The number of aryl methyl sites for hydroxylation is 2. The van der Waals surface area contributed by atoms with Crippen LogP contribution >= 0.6 is 0 Å². The lowest BCUT2D eigenvalue weighted by molar-refractivity contribution is 0.299. The van der Waals surface area contributed by atoms with Gasteiger partial charge in [-0.25, -0.2) is 0 Å². The van der Waals surface area contributed by atoms with Gasteiger partial charge in [-0.1, -0.05) is 30.7 Å². The average Bonchev–Trinajstić information content (AvgIpc) is 2.48. The van der Waals surface area contributed by atoms with Crippen molar-refractivity contribution in [3.63, 3.8) is 0 Å². The Morgan fingerprint density at radius 1 is 1.14 bits per heavy atom. The third-order valence-corrected chi connectivity index (χ3v) is 3.35. The standard InChI is InChI=1S/C18H24N2O/c1-4-9-19-11-16-6-7-17(20-12-16)13-21-18-8-5-14(2)10-15(18)3/h5-8,10,12,19H,4,9,11,13H2,1-3H3. The number of aromatic nitrogens is 1. The maximum Gasteiger partial charge on any atom is 0.130 e. The minimum atomic E-state index is 0.507. The third-order valence-electron chi connectivity index (χ3n) is 3.35. The Labute approximate surface area is 127 Å². The highest BCUT2D eigenvalue weighted by Crippen LogP contribution is 2.19. The first-order valence-electron chi connectivity index (χ1n) is 7.53. The zero-order chi connectivity index (χ0) is 15.1. The fraction of sp³-hybridized carbons (Fsp3) is 0.389. The molecule has 1 heterocycles. The summed E-state index contributed by atoms with van der Waals surface area (Å²) in [7, 11) is 0. The van der Waals surface area contributed by atoms with Gasteiger partial charge in [-0.05, 0) is 50.1 Å². The first-order valence-corrected chi connectivity index (χ1v) is 7.53. The Kier molecular flexibility index (Phi) is 5.76. The number of hydrogen-bond donors (Lipinski definition) is 1. The molecule has 1 aromatic carbocycles. The molecule has 3 nitrogen and oxygen atoms in total. The quantitative estimate of drug-likeness (QED) is 0.786. The number of rotatable bonds is 7. The number of benzene rings is 1. The molecule has 0 saturated heterocycles. The third kappa shape index (κ3) is 4.87. The van der Waals surface area contributed by atoms with Crippen molar-refractivity contribution >= 4 is 0 Å². The predicted molar refractivity (Wildman–Crippen MR) is 86.5 cm³/mol. The summed E-state index contributed by atoms with van der Waals surface area (Å²) in [4.78, 5) is 4.45. The van der Waals surface area contributed by atoms with Gasteiger partial charge in [0, 0.05) is 12.7 Å². The topological polar surface area (TPSA) is 34.1 Å². The van der Waals surface area contributed by atoms with Crippen LogP contribution in [-0.4, -0.2) is 11.5 Å². The highest BCUT2D eigenvalue weighted by molar-refractivity contribution is 5.35. The Morgan fingerprint density at radius 3 is 2.67 bits per heavy atom. The lowest BCUT2D eigenvalue weighted by Gasteiger charge is -2.10. The van der Waals surface area contributed by atoms with Gasteiger partial charge in [0.25, 0.3) is 0 Å². The molecular weight excluding hydrogens is 260 g/mol. The van der Waals surface area contributed by atoms with Crippen LogP contribution in [0.4, 0.5) is 0 Å². The van der Waals surface area contributed by atoms with E-state index in [4.69, 9.17) is 4.74 Å². The van der Waals surface area contributed by atoms with Gasteiger partial charge in [0.05, 0.1) is 5.69 Å². The molecule has 21 heavy (non-hydrogen) atoms. The van der Waals surface area contributed by atoms with Gasteiger partial charge in [0.15, 0.2) is 0 Å². The van der Waals surface area contributed by atoms with Crippen LogP contribution < -0.4 is 10.1 Å². The van der Waals surface area contributed by atoms with E-state index in [-0.39, 0.29) is 0 Å². The molecule has 0 radical (unpaired) electrons. The Bertz CT molecular complexity index is 564. The van der Waals surface area contributed by atoms with E-state index in [0.717, 1.165) is 36.5 Å². The molecule has 0 aliphatic carbocycles. The van der Waals surface area contributed by atoms with E-state index in [9.17, 15) is 0 Å². The molecular formula is C18H24N2O. The molecule has 1 aromatic heterocycles. The van der Waals surface area contributed by atoms with Crippen molar-refractivity contribution in [3.05, 3.63) is 58.9 Å². The molecule has 0 fully saturated rings. The fourth-order valence-corrected chi connectivity index (χ4v) is 2.17. The van der Waals surface area contributed by atoms with Gasteiger partial charge in [-0.2, -0.15) is 0 Å². The molecule has 0 atom stereocenters. The van der Waals surface area contributed by atoms with E-state index in [1.54, 1.807) is 0 Å². The lowest BCUT2D eigenvalue weighted by atomic mass is 10.1. The van der Waals surface area contributed by atoms with Gasteiger partial charge in [-0.3, -0.25) is 4.98 Å². The van der Waals surface area contributed by atoms with Crippen LogP contribution in [0.5, 0.6) is 5.75 Å². The predicted octanol–water partition coefficient (Wildman–Crippen LogP) is 3.78. The van der Waals surface area contributed by atoms with Crippen molar-refractivity contribution < 1.29 is 4.74 Å². The van der Waals surface area contributed by atoms with E-state index in [0.29, 0.717) is 6.61 Å². The van der Waals surface area contributed by atoms with Crippen LogP contribution in [0.15, 0.2) is 36.5 Å². The molecule has 3 heteroatoms. The number of pyridine rings is 1. The van der Waals surface area contributed by atoms with Crippen LogP contribution in [-0.2, 0) is 13.2 Å². The summed E-state index contributed by atoms with van der Waals surface area (Å²) in [5, 5.41) is 3.37. The fourth-order valence-electron chi connectivity index (χ4n) is 2.17. The molecule has 0 saturated carbocycles. The molecule has 0 unspecified atom stereocenters. The van der Waals surface area contributed by atoms with Gasteiger partial charge in [0.2, 0.25) is 0 Å². The molecule has 0 spiro atoms. The molecule has 0 amide bonds. The highest BCUT2D eigenvalue weighted by Gasteiger charge is 2.02. The van der Waals surface area contributed by atoms with E-state index in [2.05, 4.69) is 49.3 Å². The van der Waals surface area contributed by atoms with E-state index < -0.39 is 0 Å². The average molecular weight is 284 g/mol. The zero-order valence-electron chi connectivity index (χ0n) is 13.1. The van der Waals surface area contributed by atoms with Gasteiger partial charge in [0.1, 0.15) is 12.4 Å². The summed E-state index contributed by atoms with van der Waals surface area (Å²) in [6.45, 7) is 8.74. The number of hydrogen-bond acceptors (Lipinski definition) is 3. The van der Waals surface area contributed by atoms with Crippen molar-refractivity contribution in [3.8, 4) is 5.75 Å². The van der Waals surface area contributed by atoms with E-state index >= 15 is 0 Å². The minimum Gasteiger partial charge on any atom is -0.487 e. The van der Waals surface area contributed by atoms with Crippen LogP contribution in [0.3, 0.4) is 0 Å². The van der Waals surface area contributed by atoms with Crippen LogP contribution in [0, 0.1) is 13.8 Å². The second-order valence-corrected chi connectivity index (χ2v) is 5.39. The smallest absolute Gasteiger partial charge is 0.130 e. The first-order chi connectivity index (χ1) is 10.2. The SMILES string of the molecule is CCCNCc1ccc(COc2ccc(C)cc2C)nc1. The van der Waals surface area contributed by atoms with Crippen molar-refractivity contribution in [1.82, 2.24) is 10.3 Å². The van der Waals surface area contributed by atoms with Gasteiger partial charge >= 0.3 is 0 Å². The minimum absolute atomic E-state index is 0.507. The van der Waals surface area contributed by atoms with Crippen LogP contribution in [0.2, 0.25) is 0 Å². The summed E-state index contributed by atoms with van der Waals surface area (Å²) in [5.74, 6) is 0.927. The second-order valence-electron chi connectivity index (χ2n) is 5.39. The maximum atomic E-state index is 5.84. The van der Waals surface area contributed by atoms with Crippen LogP contribution in [0.25, 0.3) is 0 Å². The molecule has 0 aliphatic rings. The molecule has 0 bridgehead atoms. The number of nitrogens with one attached hydrogen (secondary N) is 1. The Balaban J connectivity index is 1.88. The molecule has 0 aliphatic heterocycles.